The summed E-state index contributed by atoms with van der Waals surface area (Å²) in [5.74, 6) is 1.40. The summed E-state index contributed by atoms with van der Waals surface area (Å²) in [5, 5.41) is 10.6. The number of hydrogen-bond acceptors (Lipinski definition) is 3. The third-order valence-electron chi connectivity index (χ3n) is 3.59. The quantitative estimate of drug-likeness (QED) is 0.849. The van der Waals surface area contributed by atoms with Gasteiger partial charge in [0.25, 0.3) is 0 Å². The van der Waals surface area contributed by atoms with E-state index < -0.39 is 0 Å². The number of ether oxygens (including phenoxy) is 1. The van der Waals surface area contributed by atoms with Gasteiger partial charge in [0, 0.05) is 23.8 Å². The first kappa shape index (κ1) is 14.6. The Morgan fingerprint density at radius 2 is 1.95 bits per heavy atom. The molecule has 20 heavy (non-hydrogen) atoms. The number of H-pyrrole nitrogens is 1. The predicted octanol–water partition coefficient (Wildman–Crippen LogP) is 3.21. The Hall–Kier alpha value is -1.81. The lowest BCUT2D eigenvalue weighted by atomic mass is 9.95. The number of nitrogens with zero attached hydrogens (tertiary/aromatic N) is 1. The van der Waals surface area contributed by atoms with Gasteiger partial charge in [-0.1, -0.05) is 26.0 Å². The Balaban J connectivity index is 2.08. The monoisotopic (exact) mass is 273 g/mol. The predicted molar refractivity (Wildman–Crippen MR) is 80.7 cm³/mol. The molecule has 2 rings (SSSR count). The standard InChI is InChI=1S/C16H23N3O/c1-11(2)16(13-5-7-15(20-4)8-6-13)17-9-14-10-18-19-12(14)3/h5-8,10-11,16-17H,9H2,1-4H3,(H,18,19)/t16-/m0/s1. The molecule has 0 aliphatic rings. The van der Waals surface area contributed by atoms with Gasteiger partial charge < -0.3 is 10.1 Å². The number of benzene rings is 1. The molecule has 1 aromatic heterocycles. The fraction of sp³-hybridized carbons (Fsp3) is 0.438. The second kappa shape index (κ2) is 6.57. The molecule has 0 radical (unpaired) electrons. The van der Waals surface area contributed by atoms with E-state index in [0.717, 1.165) is 18.0 Å². The van der Waals surface area contributed by atoms with Crippen molar-refractivity contribution >= 4 is 0 Å². The van der Waals surface area contributed by atoms with Gasteiger partial charge >= 0.3 is 0 Å². The molecule has 4 heteroatoms. The summed E-state index contributed by atoms with van der Waals surface area (Å²) >= 11 is 0. The van der Waals surface area contributed by atoms with Crippen LogP contribution in [0.5, 0.6) is 5.75 Å². The molecule has 108 valence electrons. The number of aryl methyl sites for hydroxylation is 1. The van der Waals surface area contributed by atoms with E-state index in [0.29, 0.717) is 12.0 Å². The van der Waals surface area contributed by atoms with Gasteiger partial charge in [0.1, 0.15) is 5.75 Å². The first-order valence-electron chi connectivity index (χ1n) is 6.98. The van der Waals surface area contributed by atoms with Gasteiger partial charge in [-0.05, 0) is 30.5 Å². The van der Waals surface area contributed by atoms with Crippen molar-refractivity contribution in [2.24, 2.45) is 5.92 Å². The van der Waals surface area contributed by atoms with Crippen molar-refractivity contribution in [2.45, 2.75) is 33.4 Å². The van der Waals surface area contributed by atoms with Crippen LogP contribution in [0, 0.1) is 12.8 Å². The number of aromatic amines is 1. The maximum Gasteiger partial charge on any atom is 0.118 e. The fourth-order valence-electron chi connectivity index (χ4n) is 2.32. The fourth-order valence-corrected chi connectivity index (χ4v) is 2.32. The lowest BCUT2D eigenvalue weighted by molar-refractivity contribution is 0.404. The SMILES string of the molecule is COc1ccc([C@@H](NCc2cn[nH]c2C)C(C)C)cc1. The molecule has 1 aromatic carbocycles. The molecule has 2 N–H and O–H groups in total. The molecule has 0 aliphatic heterocycles. The largest absolute Gasteiger partial charge is 0.497 e. The summed E-state index contributed by atoms with van der Waals surface area (Å²) in [4.78, 5) is 0. The summed E-state index contributed by atoms with van der Waals surface area (Å²) in [6, 6.07) is 8.58. The maximum atomic E-state index is 5.21. The number of hydrogen-bond donors (Lipinski definition) is 2. The van der Waals surface area contributed by atoms with Crippen molar-refractivity contribution in [3.05, 3.63) is 47.3 Å². The van der Waals surface area contributed by atoms with Gasteiger partial charge in [-0.3, -0.25) is 5.10 Å². The molecule has 0 saturated carbocycles. The second-order valence-corrected chi connectivity index (χ2v) is 5.40. The molecule has 0 aliphatic carbocycles. The molecule has 1 atom stereocenters. The van der Waals surface area contributed by atoms with Crippen LogP contribution in [0.3, 0.4) is 0 Å². The number of nitrogens with one attached hydrogen (secondary N) is 2. The van der Waals surface area contributed by atoms with Crippen molar-refractivity contribution < 1.29 is 4.74 Å². The van der Waals surface area contributed by atoms with E-state index in [1.807, 2.05) is 25.3 Å². The summed E-state index contributed by atoms with van der Waals surface area (Å²) < 4.78 is 5.21. The van der Waals surface area contributed by atoms with Gasteiger partial charge in [0.15, 0.2) is 0 Å². The molecule has 0 fully saturated rings. The maximum absolute atomic E-state index is 5.21. The zero-order valence-corrected chi connectivity index (χ0v) is 12.6. The molecule has 2 aromatic rings. The van der Waals surface area contributed by atoms with Crippen molar-refractivity contribution in [1.29, 1.82) is 0 Å². The summed E-state index contributed by atoms with van der Waals surface area (Å²) in [6.45, 7) is 7.31. The summed E-state index contributed by atoms with van der Waals surface area (Å²) in [6.07, 6.45) is 1.88. The van der Waals surface area contributed by atoms with Crippen molar-refractivity contribution in [1.82, 2.24) is 15.5 Å². The third kappa shape index (κ3) is 3.39. The van der Waals surface area contributed by atoms with Gasteiger partial charge in [-0.25, -0.2) is 0 Å². The van der Waals surface area contributed by atoms with Gasteiger partial charge in [-0.2, -0.15) is 5.10 Å². The Morgan fingerprint density at radius 3 is 2.45 bits per heavy atom. The van der Waals surface area contributed by atoms with E-state index in [4.69, 9.17) is 4.74 Å². The lowest BCUT2D eigenvalue weighted by Crippen LogP contribution is -2.25. The third-order valence-corrected chi connectivity index (χ3v) is 3.59. The van der Waals surface area contributed by atoms with Crippen LogP contribution in [0.15, 0.2) is 30.5 Å². The normalized spacial score (nSPS) is 12.7. The Bertz CT molecular complexity index is 531. The smallest absolute Gasteiger partial charge is 0.118 e. The van der Waals surface area contributed by atoms with Gasteiger partial charge in [-0.15, -0.1) is 0 Å². The van der Waals surface area contributed by atoms with E-state index >= 15 is 0 Å². The van der Waals surface area contributed by atoms with E-state index in [9.17, 15) is 0 Å². The highest BCUT2D eigenvalue weighted by molar-refractivity contribution is 5.29. The van der Waals surface area contributed by atoms with Crippen LogP contribution >= 0.6 is 0 Å². The van der Waals surface area contributed by atoms with Crippen LogP contribution in [-0.4, -0.2) is 17.3 Å². The van der Waals surface area contributed by atoms with E-state index in [2.05, 4.69) is 41.5 Å². The first-order valence-corrected chi connectivity index (χ1v) is 6.98. The van der Waals surface area contributed by atoms with Crippen LogP contribution in [0.4, 0.5) is 0 Å². The molecule has 0 spiro atoms. The minimum absolute atomic E-state index is 0.315. The zero-order chi connectivity index (χ0) is 14.5. The van der Waals surface area contributed by atoms with Crippen molar-refractivity contribution in [2.75, 3.05) is 7.11 Å². The Labute approximate surface area is 120 Å². The molecular formula is C16H23N3O. The molecule has 0 amide bonds. The Morgan fingerprint density at radius 1 is 1.25 bits per heavy atom. The van der Waals surface area contributed by atoms with Gasteiger partial charge in [0.2, 0.25) is 0 Å². The lowest BCUT2D eigenvalue weighted by Gasteiger charge is -2.23. The summed E-state index contributed by atoms with van der Waals surface area (Å²) in [7, 11) is 1.69. The van der Waals surface area contributed by atoms with Gasteiger partial charge in [0.05, 0.1) is 13.3 Å². The highest BCUT2D eigenvalue weighted by Crippen LogP contribution is 2.24. The van der Waals surface area contributed by atoms with E-state index in [1.54, 1.807) is 7.11 Å². The molecular weight excluding hydrogens is 250 g/mol. The average molecular weight is 273 g/mol. The number of aromatic nitrogens is 2. The van der Waals surface area contributed by atoms with Crippen LogP contribution in [-0.2, 0) is 6.54 Å². The Kier molecular flexibility index (Phi) is 4.79. The highest BCUT2D eigenvalue weighted by atomic mass is 16.5. The number of methoxy groups -OCH3 is 1. The topological polar surface area (TPSA) is 49.9 Å². The molecule has 1 heterocycles. The summed E-state index contributed by atoms with van der Waals surface area (Å²) in [5.41, 5.74) is 3.61. The van der Waals surface area contributed by atoms with Crippen LogP contribution in [0.1, 0.15) is 36.7 Å². The second-order valence-electron chi connectivity index (χ2n) is 5.40. The first-order chi connectivity index (χ1) is 9.61. The van der Waals surface area contributed by atoms with E-state index in [-0.39, 0.29) is 0 Å². The van der Waals surface area contributed by atoms with Crippen LogP contribution in [0.25, 0.3) is 0 Å². The minimum Gasteiger partial charge on any atom is -0.497 e. The highest BCUT2D eigenvalue weighted by Gasteiger charge is 2.15. The number of rotatable bonds is 6. The zero-order valence-electron chi connectivity index (χ0n) is 12.6. The molecule has 0 saturated heterocycles. The van der Waals surface area contributed by atoms with Crippen LogP contribution < -0.4 is 10.1 Å². The molecule has 4 nitrogen and oxygen atoms in total. The molecule has 0 unspecified atom stereocenters. The minimum atomic E-state index is 0.315. The van der Waals surface area contributed by atoms with E-state index in [1.165, 1.54) is 11.1 Å². The van der Waals surface area contributed by atoms with Crippen LogP contribution in [0.2, 0.25) is 0 Å². The van der Waals surface area contributed by atoms with Crippen molar-refractivity contribution in [3.8, 4) is 5.75 Å². The molecule has 0 bridgehead atoms. The average Bonchev–Trinajstić information content (AvgIpc) is 2.85. The van der Waals surface area contributed by atoms with Crippen molar-refractivity contribution in [3.63, 3.8) is 0 Å².